The lowest BCUT2D eigenvalue weighted by Gasteiger charge is -2.13. The van der Waals surface area contributed by atoms with Crippen LogP contribution in [0.3, 0.4) is 0 Å². The number of hydrogen-bond donors (Lipinski definition) is 2. The van der Waals surface area contributed by atoms with E-state index in [4.69, 9.17) is 4.74 Å². The Morgan fingerprint density at radius 1 is 1.16 bits per heavy atom. The summed E-state index contributed by atoms with van der Waals surface area (Å²) in [5, 5.41) is 6.48. The largest absolute Gasteiger partial charge is 0.439 e. The first kappa shape index (κ1) is 21.1. The number of guanidine groups is 1. The molecule has 5 nitrogen and oxygen atoms in total. The number of nitrogens with one attached hydrogen (secondary N) is 2. The molecule has 0 fully saturated rings. The molecule has 25 heavy (non-hydrogen) atoms. The summed E-state index contributed by atoms with van der Waals surface area (Å²) in [5.41, 5.74) is 1.01. The Balaban J connectivity index is 0.00000312. The number of rotatable bonds is 6. The molecule has 136 valence electrons. The fourth-order valence-corrected chi connectivity index (χ4v) is 1.91. The van der Waals surface area contributed by atoms with Gasteiger partial charge in [0.2, 0.25) is 5.88 Å². The van der Waals surface area contributed by atoms with Gasteiger partial charge in [0.15, 0.2) is 5.96 Å². The molecule has 0 bridgehead atoms. The minimum atomic E-state index is -0.295. The zero-order valence-electron chi connectivity index (χ0n) is 14.6. The number of aliphatic imine (C=N–C) groups is 1. The van der Waals surface area contributed by atoms with E-state index in [-0.39, 0.29) is 29.8 Å². The molecule has 0 radical (unpaired) electrons. The van der Waals surface area contributed by atoms with Gasteiger partial charge in [-0.1, -0.05) is 19.9 Å². The standard InChI is InChI=1S/C18H23FN4O.HI/c1-13(2)10-22-18(20-3)23-12-14-4-9-17(21-11-14)24-16-7-5-15(19)6-8-16;/h4-9,11,13H,10,12H2,1-3H3,(H2,20,22,23);1H. The number of ether oxygens (including phenoxy) is 1. The van der Waals surface area contributed by atoms with Crippen molar-refractivity contribution in [3.05, 3.63) is 54.0 Å². The van der Waals surface area contributed by atoms with E-state index >= 15 is 0 Å². The lowest BCUT2D eigenvalue weighted by Crippen LogP contribution is -2.38. The second-order valence-electron chi connectivity index (χ2n) is 5.76. The third-order valence-electron chi connectivity index (χ3n) is 3.19. The molecule has 0 saturated heterocycles. The summed E-state index contributed by atoms with van der Waals surface area (Å²) in [6.07, 6.45) is 1.74. The molecule has 2 aromatic rings. The molecule has 0 amide bonds. The Labute approximate surface area is 165 Å². The topological polar surface area (TPSA) is 58.5 Å². The second kappa shape index (κ2) is 10.9. The van der Waals surface area contributed by atoms with Crippen LogP contribution in [-0.2, 0) is 6.54 Å². The molecule has 0 aliphatic rings. The van der Waals surface area contributed by atoms with E-state index in [1.165, 1.54) is 12.1 Å². The SMILES string of the molecule is CN=C(NCc1ccc(Oc2ccc(F)cc2)nc1)NCC(C)C.I. The van der Waals surface area contributed by atoms with Crippen LogP contribution in [0, 0.1) is 11.7 Å². The zero-order valence-corrected chi connectivity index (χ0v) is 17.0. The molecule has 1 heterocycles. The second-order valence-corrected chi connectivity index (χ2v) is 5.76. The van der Waals surface area contributed by atoms with Crippen molar-refractivity contribution in [2.45, 2.75) is 20.4 Å². The highest BCUT2D eigenvalue weighted by Gasteiger charge is 2.02. The van der Waals surface area contributed by atoms with Crippen molar-refractivity contribution in [3.8, 4) is 11.6 Å². The Morgan fingerprint density at radius 3 is 2.44 bits per heavy atom. The average Bonchev–Trinajstić information content (AvgIpc) is 2.58. The predicted molar refractivity (Wildman–Crippen MR) is 109 cm³/mol. The highest BCUT2D eigenvalue weighted by atomic mass is 127. The molecule has 2 rings (SSSR count). The van der Waals surface area contributed by atoms with Gasteiger partial charge < -0.3 is 15.4 Å². The van der Waals surface area contributed by atoms with E-state index in [1.807, 2.05) is 6.07 Å². The molecule has 0 atom stereocenters. The lowest BCUT2D eigenvalue weighted by molar-refractivity contribution is 0.461. The number of halogens is 2. The van der Waals surface area contributed by atoms with Gasteiger partial charge in [-0.15, -0.1) is 24.0 Å². The van der Waals surface area contributed by atoms with Gasteiger partial charge in [0, 0.05) is 32.4 Å². The van der Waals surface area contributed by atoms with Gasteiger partial charge >= 0.3 is 0 Å². The minimum absolute atomic E-state index is 0. The van der Waals surface area contributed by atoms with Crippen molar-refractivity contribution < 1.29 is 9.13 Å². The molecule has 0 aliphatic carbocycles. The number of aromatic nitrogens is 1. The highest BCUT2D eigenvalue weighted by Crippen LogP contribution is 2.19. The van der Waals surface area contributed by atoms with Crippen LogP contribution in [0.5, 0.6) is 11.6 Å². The van der Waals surface area contributed by atoms with Gasteiger partial charge in [-0.2, -0.15) is 0 Å². The van der Waals surface area contributed by atoms with Gasteiger partial charge in [0.25, 0.3) is 0 Å². The molecule has 2 N–H and O–H groups in total. The molecule has 0 aliphatic heterocycles. The van der Waals surface area contributed by atoms with Gasteiger partial charge in [-0.25, -0.2) is 9.37 Å². The van der Waals surface area contributed by atoms with Crippen LogP contribution in [0.2, 0.25) is 0 Å². The quantitative estimate of drug-likeness (QED) is 0.391. The van der Waals surface area contributed by atoms with E-state index in [2.05, 4.69) is 34.5 Å². The van der Waals surface area contributed by atoms with E-state index in [1.54, 1.807) is 31.4 Å². The van der Waals surface area contributed by atoms with Gasteiger partial charge in [-0.05, 0) is 35.7 Å². The average molecular weight is 458 g/mol. The van der Waals surface area contributed by atoms with Crippen molar-refractivity contribution in [3.63, 3.8) is 0 Å². The van der Waals surface area contributed by atoms with Crippen LogP contribution in [0.25, 0.3) is 0 Å². The maximum atomic E-state index is 12.9. The van der Waals surface area contributed by atoms with Crippen LogP contribution in [0.4, 0.5) is 4.39 Å². The van der Waals surface area contributed by atoms with Crippen LogP contribution in [0.15, 0.2) is 47.6 Å². The highest BCUT2D eigenvalue weighted by molar-refractivity contribution is 14.0. The number of hydrogen-bond acceptors (Lipinski definition) is 3. The normalized spacial score (nSPS) is 11.0. The monoisotopic (exact) mass is 458 g/mol. The Kier molecular flexibility index (Phi) is 9.18. The predicted octanol–water partition coefficient (Wildman–Crippen LogP) is 3.95. The van der Waals surface area contributed by atoms with Crippen LogP contribution in [-0.4, -0.2) is 24.5 Å². The maximum absolute atomic E-state index is 12.9. The van der Waals surface area contributed by atoms with E-state index in [0.29, 0.717) is 24.1 Å². The summed E-state index contributed by atoms with van der Waals surface area (Å²) >= 11 is 0. The molecular formula is C18H24FIN4O. The molecule has 1 aromatic carbocycles. The fourth-order valence-electron chi connectivity index (χ4n) is 1.91. The molecule has 0 unspecified atom stereocenters. The number of nitrogens with zero attached hydrogens (tertiary/aromatic N) is 2. The van der Waals surface area contributed by atoms with E-state index in [9.17, 15) is 4.39 Å². The third kappa shape index (κ3) is 7.68. The van der Waals surface area contributed by atoms with Crippen LogP contribution in [0.1, 0.15) is 19.4 Å². The number of pyridine rings is 1. The molecule has 7 heteroatoms. The zero-order chi connectivity index (χ0) is 17.4. The lowest BCUT2D eigenvalue weighted by atomic mass is 10.2. The fraction of sp³-hybridized carbons (Fsp3) is 0.333. The van der Waals surface area contributed by atoms with Crippen molar-refractivity contribution in [2.24, 2.45) is 10.9 Å². The molecule has 0 saturated carbocycles. The molecular weight excluding hydrogens is 434 g/mol. The summed E-state index contributed by atoms with van der Waals surface area (Å²) in [7, 11) is 1.74. The Bertz CT molecular complexity index is 660. The van der Waals surface area contributed by atoms with Gasteiger partial charge in [0.05, 0.1) is 0 Å². The first-order valence-corrected chi connectivity index (χ1v) is 7.89. The van der Waals surface area contributed by atoms with E-state index in [0.717, 1.165) is 18.1 Å². The minimum Gasteiger partial charge on any atom is -0.439 e. The first-order chi connectivity index (χ1) is 11.6. The van der Waals surface area contributed by atoms with Gasteiger partial charge in [0.1, 0.15) is 11.6 Å². The third-order valence-corrected chi connectivity index (χ3v) is 3.19. The first-order valence-electron chi connectivity index (χ1n) is 7.89. The maximum Gasteiger partial charge on any atom is 0.219 e. The summed E-state index contributed by atoms with van der Waals surface area (Å²) in [6, 6.07) is 9.54. The molecule has 0 spiro atoms. The van der Waals surface area contributed by atoms with Crippen molar-refractivity contribution in [1.82, 2.24) is 15.6 Å². The van der Waals surface area contributed by atoms with Crippen molar-refractivity contribution in [2.75, 3.05) is 13.6 Å². The number of benzene rings is 1. The van der Waals surface area contributed by atoms with E-state index < -0.39 is 0 Å². The van der Waals surface area contributed by atoms with Gasteiger partial charge in [-0.3, -0.25) is 4.99 Å². The summed E-state index contributed by atoms with van der Waals surface area (Å²) < 4.78 is 18.4. The Hall–Kier alpha value is -1.90. The van der Waals surface area contributed by atoms with Crippen LogP contribution >= 0.6 is 24.0 Å². The van der Waals surface area contributed by atoms with Crippen molar-refractivity contribution >= 4 is 29.9 Å². The molecule has 1 aromatic heterocycles. The van der Waals surface area contributed by atoms with Crippen molar-refractivity contribution in [1.29, 1.82) is 0 Å². The smallest absolute Gasteiger partial charge is 0.219 e. The summed E-state index contributed by atoms with van der Waals surface area (Å²) in [6.45, 7) is 5.76. The summed E-state index contributed by atoms with van der Waals surface area (Å²) in [5.74, 6) is 2.03. The summed E-state index contributed by atoms with van der Waals surface area (Å²) in [4.78, 5) is 8.43. The Morgan fingerprint density at radius 2 is 1.88 bits per heavy atom. The van der Waals surface area contributed by atoms with Crippen LogP contribution < -0.4 is 15.4 Å².